The molecule has 0 atom stereocenters. The fraction of sp³-hybridized carbons (Fsp3) is 0.467. The first kappa shape index (κ1) is 13.6. The summed E-state index contributed by atoms with van der Waals surface area (Å²) in [6, 6.07) is 5.78. The number of nitrogens with zero attached hydrogens (tertiary/aromatic N) is 2. The number of likely N-dealkylation sites (N-methyl/N-ethyl adjacent to an activating group) is 1. The molecule has 0 unspecified atom stereocenters. The molecule has 4 heteroatoms. The zero-order valence-corrected chi connectivity index (χ0v) is 11.8. The Bertz CT molecular complexity index is 509. The quantitative estimate of drug-likeness (QED) is 0.777. The van der Waals surface area contributed by atoms with E-state index in [1.165, 1.54) is 5.56 Å². The van der Waals surface area contributed by atoms with Crippen LogP contribution in [0.2, 0.25) is 0 Å². The fourth-order valence-electron chi connectivity index (χ4n) is 2.36. The lowest BCUT2D eigenvalue weighted by molar-refractivity contribution is -0.127. The number of amides is 1. The Balaban J connectivity index is 2.24. The van der Waals surface area contributed by atoms with Crippen LogP contribution in [0.5, 0.6) is 0 Å². The van der Waals surface area contributed by atoms with Crippen LogP contribution < -0.4 is 4.90 Å². The minimum Gasteiger partial charge on any atom is -0.362 e. The van der Waals surface area contributed by atoms with Gasteiger partial charge in [0.1, 0.15) is 0 Å². The van der Waals surface area contributed by atoms with Crippen molar-refractivity contribution in [3.63, 3.8) is 0 Å². The molecule has 4 nitrogen and oxygen atoms in total. The third-order valence-corrected chi connectivity index (χ3v) is 3.53. The van der Waals surface area contributed by atoms with E-state index >= 15 is 0 Å². The number of hydrogen-bond acceptors (Lipinski definition) is 3. The lowest BCUT2D eigenvalue weighted by atomic mass is 9.98. The summed E-state index contributed by atoms with van der Waals surface area (Å²) in [5.74, 6) is 0.188. The Labute approximate surface area is 114 Å². The minimum atomic E-state index is 0.0873. The van der Waals surface area contributed by atoms with Gasteiger partial charge in [-0.1, -0.05) is 0 Å². The number of rotatable bonds is 3. The first-order valence-corrected chi connectivity index (χ1v) is 6.58. The molecular formula is C15H20N2O2. The average molecular weight is 260 g/mol. The SMILES string of the molecule is CC(=O)c1ccc2c(c1)CCCN2CC(=O)N(C)C. The summed E-state index contributed by atoms with van der Waals surface area (Å²) in [7, 11) is 3.54. The van der Waals surface area contributed by atoms with Crippen LogP contribution in [0.1, 0.15) is 29.3 Å². The molecule has 2 rings (SSSR count). The van der Waals surface area contributed by atoms with Crippen LogP contribution in [-0.4, -0.2) is 43.8 Å². The van der Waals surface area contributed by atoms with Gasteiger partial charge in [0.2, 0.25) is 5.91 Å². The molecule has 1 amide bonds. The normalized spacial score (nSPS) is 13.9. The van der Waals surface area contributed by atoms with Gasteiger partial charge in [-0.05, 0) is 43.5 Å². The van der Waals surface area contributed by atoms with Crippen molar-refractivity contribution in [1.82, 2.24) is 4.90 Å². The van der Waals surface area contributed by atoms with Crippen molar-refractivity contribution in [2.45, 2.75) is 19.8 Å². The van der Waals surface area contributed by atoms with E-state index in [9.17, 15) is 9.59 Å². The molecule has 0 aliphatic carbocycles. The molecule has 1 heterocycles. The topological polar surface area (TPSA) is 40.6 Å². The van der Waals surface area contributed by atoms with Crippen LogP contribution >= 0.6 is 0 Å². The van der Waals surface area contributed by atoms with Gasteiger partial charge < -0.3 is 9.80 Å². The molecule has 0 fully saturated rings. The minimum absolute atomic E-state index is 0.0873. The highest BCUT2D eigenvalue weighted by Crippen LogP contribution is 2.28. The molecule has 0 saturated heterocycles. The monoisotopic (exact) mass is 260 g/mol. The predicted octanol–water partition coefficient (Wildman–Crippen LogP) is 1.73. The summed E-state index contributed by atoms with van der Waals surface area (Å²) in [6.07, 6.45) is 2.00. The van der Waals surface area contributed by atoms with Gasteiger partial charge in [-0.3, -0.25) is 9.59 Å². The van der Waals surface area contributed by atoms with Crippen LogP contribution in [0.15, 0.2) is 18.2 Å². The third-order valence-electron chi connectivity index (χ3n) is 3.53. The maximum Gasteiger partial charge on any atom is 0.241 e. The van der Waals surface area contributed by atoms with E-state index in [1.54, 1.807) is 25.9 Å². The van der Waals surface area contributed by atoms with Gasteiger partial charge in [-0.2, -0.15) is 0 Å². The first-order valence-electron chi connectivity index (χ1n) is 6.58. The maximum atomic E-state index is 11.8. The fourth-order valence-corrected chi connectivity index (χ4v) is 2.36. The third kappa shape index (κ3) is 2.95. The van der Waals surface area contributed by atoms with Crippen LogP contribution in [0, 0.1) is 0 Å². The second-order valence-electron chi connectivity index (χ2n) is 5.21. The molecule has 0 N–H and O–H groups in total. The number of ketones is 1. The zero-order valence-electron chi connectivity index (χ0n) is 11.8. The summed E-state index contributed by atoms with van der Waals surface area (Å²) < 4.78 is 0. The summed E-state index contributed by atoms with van der Waals surface area (Å²) in [5.41, 5.74) is 3.01. The number of carbonyl (C=O) groups is 2. The first-order chi connectivity index (χ1) is 8.99. The molecule has 0 radical (unpaired) electrons. The molecule has 1 aromatic carbocycles. The summed E-state index contributed by atoms with van der Waals surface area (Å²) >= 11 is 0. The van der Waals surface area contributed by atoms with Crippen molar-refractivity contribution < 1.29 is 9.59 Å². The van der Waals surface area contributed by atoms with Gasteiger partial charge in [0.25, 0.3) is 0 Å². The van der Waals surface area contributed by atoms with Crippen LogP contribution in [0.25, 0.3) is 0 Å². The Morgan fingerprint density at radius 2 is 2.05 bits per heavy atom. The highest BCUT2D eigenvalue weighted by Gasteiger charge is 2.20. The Morgan fingerprint density at radius 1 is 1.32 bits per heavy atom. The van der Waals surface area contributed by atoms with E-state index in [-0.39, 0.29) is 11.7 Å². The van der Waals surface area contributed by atoms with Crippen molar-refractivity contribution in [2.24, 2.45) is 0 Å². The molecule has 0 spiro atoms. The van der Waals surface area contributed by atoms with Crippen molar-refractivity contribution >= 4 is 17.4 Å². The Kier molecular flexibility index (Phi) is 3.88. The smallest absolute Gasteiger partial charge is 0.241 e. The predicted molar refractivity (Wildman–Crippen MR) is 75.7 cm³/mol. The van der Waals surface area contributed by atoms with E-state index in [4.69, 9.17) is 0 Å². The van der Waals surface area contributed by atoms with Gasteiger partial charge in [-0.25, -0.2) is 0 Å². The second-order valence-corrected chi connectivity index (χ2v) is 5.21. The zero-order chi connectivity index (χ0) is 14.0. The highest BCUT2D eigenvalue weighted by molar-refractivity contribution is 5.95. The van der Waals surface area contributed by atoms with Crippen molar-refractivity contribution in [3.05, 3.63) is 29.3 Å². The standard InChI is InChI=1S/C15H20N2O2/c1-11(18)12-6-7-14-13(9-12)5-4-8-17(14)10-15(19)16(2)3/h6-7,9H,4-5,8,10H2,1-3H3. The maximum absolute atomic E-state index is 11.8. The van der Waals surface area contributed by atoms with Gasteiger partial charge in [0.05, 0.1) is 6.54 Å². The largest absolute Gasteiger partial charge is 0.362 e. The van der Waals surface area contributed by atoms with Gasteiger partial charge >= 0.3 is 0 Å². The van der Waals surface area contributed by atoms with E-state index in [2.05, 4.69) is 4.90 Å². The van der Waals surface area contributed by atoms with E-state index < -0.39 is 0 Å². The van der Waals surface area contributed by atoms with Gasteiger partial charge in [0.15, 0.2) is 5.78 Å². The average Bonchev–Trinajstić information content (AvgIpc) is 2.38. The number of carbonyl (C=O) groups excluding carboxylic acids is 2. The molecule has 1 aliphatic heterocycles. The Hall–Kier alpha value is -1.84. The number of hydrogen-bond donors (Lipinski definition) is 0. The Morgan fingerprint density at radius 3 is 2.68 bits per heavy atom. The van der Waals surface area contributed by atoms with Crippen LogP contribution in [0.4, 0.5) is 5.69 Å². The van der Waals surface area contributed by atoms with Crippen molar-refractivity contribution in [3.8, 4) is 0 Å². The molecule has 0 aromatic heterocycles. The van der Waals surface area contributed by atoms with E-state index in [0.29, 0.717) is 6.54 Å². The number of Topliss-reactive ketones (excluding diaryl/α,β-unsaturated/α-hetero) is 1. The lowest BCUT2D eigenvalue weighted by Gasteiger charge is -2.31. The molecule has 1 aromatic rings. The summed E-state index contributed by atoms with van der Waals surface area (Å²) in [5, 5.41) is 0. The number of fused-ring (bicyclic) bond motifs is 1. The molecule has 102 valence electrons. The lowest BCUT2D eigenvalue weighted by Crippen LogP contribution is -2.39. The van der Waals surface area contributed by atoms with Crippen molar-refractivity contribution in [1.29, 1.82) is 0 Å². The molecular weight excluding hydrogens is 240 g/mol. The van der Waals surface area contributed by atoms with Crippen LogP contribution in [0.3, 0.4) is 0 Å². The molecule has 19 heavy (non-hydrogen) atoms. The second kappa shape index (κ2) is 5.43. The number of benzene rings is 1. The van der Waals surface area contributed by atoms with E-state index in [0.717, 1.165) is 30.6 Å². The van der Waals surface area contributed by atoms with Gasteiger partial charge in [0, 0.05) is 31.9 Å². The van der Waals surface area contributed by atoms with Crippen molar-refractivity contribution in [2.75, 3.05) is 32.1 Å². The number of anilines is 1. The van der Waals surface area contributed by atoms with Crippen LogP contribution in [-0.2, 0) is 11.2 Å². The highest BCUT2D eigenvalue weighted by atomic mass is 16.2. The summed E-state index contributed by atoms with van der Waals surface area (Å²) in [6.45, 7) is 2.88. The molecule has 0 saturated carbocycles. The van der Waals surface area contributed by atoms with E-state index in [1.807, 2.05) is 18.2 Å². The number of aryl methyl sites for hydroxylation is 1. The van der Waals surface area contributed by atoms with Gasteiger partial charge in [-0.15, -0.1) is 0 Å². The molecule has 0 bridgehead atoms. The summed E-state index contributed by atoms with van der Waals surface area (Å²) in [4.78, 5) is 26.9. The molecule has 1 aliphatic rings.